The Labute approximate surface area is 148 Å². The van der Waals surface area contributed by atoms with Crippen LogP contribution in [0.15, 0.2) is 48.8 Å². The number of aryl methyl sites for hydroxylation is 1. The van der Waals surface area contributed by atoms with Crippen LogP contribution in [-0.4, -0.2) is 35.0 Å². The van der Waals surface area contributed by atoms with Crippen LogP contribution < -0.4 is 10.2 Å². The Balaban J connectivity index is 1.49. The third-order valence-electron chi connectivity index (χ3n) is 4.46. The van der Waals surface area contributed by atoms with Crippen LogP contribution in [0.5, 0.6) is 0 Å². The molecule has 1 N–H and O–H groups in total. The van der Waals surface area contributed by atoms with E-state index in [-0.39, 0.29) is 11.9 Å². The zero-order chi connectivity index (χ0) is 17.5. The molecule has 1 aliphatic heterocycles. The van der Waals surface area contributed by atoms with Crippen molar-refractivity contribution in [2.24, 2.45) is 0 Å². The van der Waals surface area contributed by atoms with Crippen LogP contribution in [0.2, 0.25) is 0 Å². The van der Waals surface area contributed by atoms with Crippen molar-refractivity contribution in [1.29, 1.82) is 0 Å². The Bertz CT molecular complexity index is 721. The molecular weight excluding hydrogens is 312 g/mol. The van der Waals surface area contributed by atoms with E-state index in [0.29, 0.717) is 0 Å². The highest BCUT2D eigenvalue weighted by molar-refractivity contribution is 5.91. The van der Waals surface area contributed by atoms with E-state index >= 15 is 0 Å². The summed E-state index contributed by atoms with van der Waals surface area (Å²) in [7, 11) is 0. The molecule has 2 aromatic rings. The minimum atomic E-state index is -0.0300. The molecule has 0 spiro atoms. The van der Waals surface area contributed by atoms with Crippen molar-refractivity contribution >= 4 is 17.8 Å². The molecule has 0 bridgehead atoms. The minimum absolute atomic E-state index is 0.0300. The van der Waals surface area contributed by atoms with Crippen molar-refractivity contribution in [2.45, 2.75) is 32.2 Å². The lowest BCUT2D eigenvalue weighted by molar-refractivity contribution is -0.117. The maximum Gasteiger partial charge on any atom is 0.244 e. The summed E-state index contributed by atoms with van der Waals surface area (Å²) < 4.78 is 0. The van der Waals surface area contributed by atoms with Crippen molar-refractivity contribution in [3.05, 3.63) is 60.1 Å². The van der Waals surface area contributed by atoms with E-state index in [1.807, 2.05) is 36.4 Å². The van der Waals surface area contributed by atoms with Gasteiger partial charge in [0.2, 0.25) is 5.91 Å². The fraction of sp³-hybridized carbons (Fsp3) is 0.350. The second kappa shape index (κ2) is 8.42. The van der Waals surface area contributed by atoms with E-state index in [4.69, 9.17) is 0 Å². The molecule has 1 fully saturated rings. The van der Waals surface area contributed by atoms with Gasteiger partial charge in [-0.1, -0.05) is 37.3 Å². The smallest absolute Gasteiger partial charge is 0.244 e. The Kier molecular flexibility index (Phi) is 5.77. The summed E-state index contributed by atoms with van der Waals surface area (Å²) >= 11 is 0. The molecule has 1 aromatic carbocycles. The highest BCUT2D eigenvalue weighted by atomic mass is 16.1. The first-order valence-corrected chi connectivity index (χ1v) is 8.84. The van der Waals surface area contributed by atoms with Gasteiger partial charge in [0.05, 0.1) is 0 Å². The average Bonchev–Trinajstić information content (AvgIpc) is 2.68. The first-order chi connectivity index (χ1) is 12.2. The summed E-state index contributed by atoms with van der Waals surface area (Å²) in [5.41, 5.74) is 2.09. The van der Waals surface area contributed by atoms with Gasteiger partial charge in [0, 0.05) is 37.0 Å². The van der Waals surface area contributed by atoms with Gasteiger partial charge in [-0.3, -0.25) is 4.79 Å². The number of benzene rings is 1. The van der Waals surface area contributed by atoms with Crippen LogP contribution >= 0.6 is 0 Å². The molecule has 0 radical (unpaired) electrons. The number of nitrogens with one attached hydrogen (secondary N) is 1. The maximum atomic E-state index is 12.1. The number of hydrogen-bond donors (Lipinski definition) is 1. The van der Waals surface area contributed by atoms with Crippen molar-refractivity contribution in [3.8, 4) is 0 Å². The number of carbonyl (C=O) groups is 1. The second-order valence-corrected chi connectivity index (χ2v) is 6.24. The normalized spacial score (nSPS) is 15.5. The quantitative estimate of drug-likeness (QED) is 0.853. The standard InChI is InChI=1S/C20H24N4O/c1-2-17-14-19(22-15-21-17)24-12-10-18(11-13-24)23-20(25)9-8-16-6-4-3-5-7-16/h3-9,14-15,18H,2,10-13H2,1H3,(H,23,25). The summed E-state index contributed by atoms with van der Waals surface area (Å²) in [6, 6.07) is 12.1. The number of amides is 1. The Morgan fingerprint density at radius 2 is 2.00 bits per heavy atom. The van der Waals surface area contributed by atoms with Gasteiger partial charge in [0.25, 0.3) is 0 Å². The molecule has 0 atom stereocenters. The molecule has 2 heterocycles. The number of piperidine rings is 1. The average molecular weight is 336 g/mol. The number of anilines is 1. The molecule has 5 heteroatoms. The molecule has 0 unspecified atom stereocenters. The maximum absolute atomic E-state index is 12.1. The first-order valence-electron chi connectivity index (χ1n) is 8.84. The van der Waals surface area contributed by atoms with Crippen LogP contribution in [-0.2, 0) is 11.2 Å². The van der Waals surface area contributed by atoms with Gasteiger partial charge in [0.1, 0.15) is 12.1 Å². The molecule has 0 saturated carbocycles. The van der Waals surface area contributed by atoms with E-state index < -0.39 is 0 Å². The molecular formula is C20H24N4O. The zero-order valence-electron chi connectivity index (χ0n) is 14.6. The van der Waals surface area contributed by atoms with Crippen molar-refractivity contribution < 1.29 is 4.79 Å². The summed E-state index contributed by atoms with van der Waals surface area (Å²) in [5.74, 6) is 0.957. The summed E-state index contributed by atoms with van der Waals surface area (Å²) in [5, 5.41) is 3.10. The summed E-state index contributed by atoms with van der Waals surface area (Å²) in [4.78, 5) is 23.0. The van der Waals surface area contributed by atoms with Crippen molar-refractivity contribution in [3.63, 3.8) is 0 Å². The Hall–Kier alpha value is -2.69. The summed E-state index contributed by atoms with van der Waals surface area (Å²) in [6.45, 7) is 3.89. The lowest BCUT2D eigenvalue weighted by Crippen LogP contribution is -2.44. The molecule has 1 aromatic heterocycles. The van der Waals surface area contributed by atoms with E-state index in [0.717, 1.165) is 49.4 Å². The fourth-order valence-electron chi connectivity index (χ4n) is 2.99. The van der Waals surface area contributed by atoms with Crippen LogP contribution in [0, 0.1) is 0 Å². The lowest BCUT2D eigenvalue weighted by atomic mass is 10.0. The van der Waals surface area contributed by atoms with Crippen LogP contribution in [0.1, 0.15) is 31.0 Å². The molecule has 5 nitrogen and oxygen atoms in total. The van der Waals surface area contributed by atoms with Crippen LogP contribution in [0.3, 0.4) is 0 Å². The topological polar surface area (TPSA) is 58.1 Å². The number of nitrogens with zero attached hydrogens (tertiary/aromatic N) is 3. The molecule has 130 valence electrons. The fourth-order valence-corrected chi connectivity index (χ4v) is 2.99. The Morgan fingerprint density at radius 1 is 1.24 bits per heavy atom. The Morgan fingerprint density at radius 3 is 2.72 bits per heavy atom. The molecule has 0 aliphatic carbocycles. The molecule has 1 amide bonds. The SMILES string of the molecule is CCc1cc(N2CCC(NC(=O)C=Cc3ccccc3)CC2)ncn1. The van der Waals surface area contributed by atoms with Gasteiger partial charge in [-0.25, -0.2) is 9.97 Å². The monoisotopic (exact) mass is 336 g/mol. The first kappa shape index (κ1) is 17.1. The molecule has 1 aliphatic rings. The minimum Gasteiger partial charge on any atom is -0.356 e. The number of aromatic nitrogens is 2. The highest BCUT2D eigenvalue weighted by Crippen LogP contribution is 2.18. The van der Waals surface area contributed by atoms with Gasteiger partial charge in [-0.2, -0.15) is 0 Å². The largest absolute Gasteiger partial charge is 0.356 e. The van der Waals surface area contributed by atoms with Gasteiger partial charge in [-0.05, 0) is 30.9 Å². The van der Waals surface area contributed by atoms with Gasteiger partial charge >= 0.3 is 0 Å². The third-order valence-corrected chi connectivity index (χ3v) is 4.46. The molecule has 25 heavy (non-hydrogen) atoms. The van der Waals surface area contributed by atoms with Crippen LogP contribution in [0.25, 0.3) is 6.08 Å². The van der Waals surface area contributed by atoms with Crippen molar-refractivity contribution in [1.82, 2.24) is 15.3 Å². The predicted octanol–water partition coefficient (Wildman–Crippen LogP) is 2.84. The predicted molar refractivity (Wildman–Crippen MR) is 100 cm³/mol. The molecule has 1 saturated heterocycles. The lowest BCUT2D eigenvalue weighted by Gasteiger charge is -2.33. The number of hydrogen-bond acceptors (Lipinski definition) is 4. The number of carbonyl (C=O) groups excluding carboxylic acids is 1. The molecule has 3 rings (SSSR count). The van der Waals surface area contributed by atoms with Gasteiger partial charge in [-0.15, -0.1) is 0 Å². The summed E-state index contributed by atoms with van der Waals surface area (Å²) in [6.07, 6.45) is 7.86. The van der Waals surface area contributed by atoms with Crippen LogP contribution in [0.4, 0.5) is 5.82 Å². The van der Waals surface area contributed by atoms with E-state index in [1.165, 1.54) is 0 Å². The third kappa shape index (κ3) is 4.89. The van der Waals surface area contributed by atoms with E-state index in [9.17, 15) is 4.79 Å². The van der Waals surface area contributed by atoms with Crippen molar-refractivity contribution in [2.75, 3.05) is 18.0 Å². The van der Waals surface area contributed by atoms with Gasteiger partial charge < -0.3 is 10.2 Å². The van der Waals surface area contributed by atoms with Gasteiger partial charge in [0.15, 0.2) is 0 Å². The highest BCUT2D eigenvalue weighted by Gasteiger charge is 2.21. The number of rotatable bonds is 5. The second-order valence-electron chi connectivity index (χ2n) is 6.24. The zero-order valence-corrected chi connectivity index (χ0v) is 14.6. The van der Waals surface area contributed by atoms with E-state index in [1.54, 1.807) is 12.4 Å². The van der Waals surface area contributed by atoms with E-state index in [2.05, 4.69) is 33.2 Å².